The highest BCUT2D eigenvalue weighted by Gasteiger charge is 2.35. The topological polar surface area (TPSA) is 0 Å². The third kappa shape index (κ3) is 1.67. The molecule has 0 amide bonds. The molecular weight excluding hydrogens is 168 g/mol. The van der Waals surface area contributed by atoms with Crippen molar-refractivity contribution < 1.29 is 0 Å². The van der Waals surface area contributed by atoms with Crippen molar-refractivity contribution in [2.24, 2.45) is 23.7 Å². The van der Waals surface area contributed by atoms with Crippen LogP contribution in [-0.4, -0.2) is 0 Å². The molecule has 0 bridgehead atoms. The third-order valence-corrected chi connectivity index (χ3v) is 4.13. The van der Waals surface area contributed by atoms with Crippen molar-refractivity contribution in [1.82, 2.24) is 0 Å². The van der Waals surface area contributed by atoms with Crippen LogP contribution in [0.25, 0.3) is 0 Å². The molecule has 14 heavy (non-hydrogen) atoms. The lowest BCUT2D eigenvalue weighted by atomic mass is 9.63. The smallest absolute Gasteiger partial charge is 0.0114 e. The maximum absolute atomic E-state index is 4.19. The number of rotatable bonds is 1. The van der Waals surface area contributed by atoms with Crippen LogP contribution < -0.4 is 0 Å². The average molecular weight is 190 g/mol. The Hall–Kier alpha value is -0.520. The quantitative estimate of drug-likeness (QED) is 0.544. The van der Waals surface area contributed by atoms with Gasteiger partial charge in [-0.2, -0.15) is 0 Å². The predicted molar refractivity (Wildman–Crippen MR) is 62.1 cm³/mol. The summed E-state index contributed by atoms with van der Waals surface area (Å²) in [5.41, 5.74) is 1.40. The number of hydrogen-bond acceptors (Lipinski definition) is 0. The normalized spacial score (nSPS) is 41.9. The molecule has 78 valence electrons. The van der Waals surface area contributed by atoms with Gasteiger partial charge in [-0.1, -0.05) is 44.1 Å². The summed E-state index contributed by atoms with van der Waals surface area (Å²) >= 11 is 0. The molecule has 4 atom stereocenters. The monoisotopic (exact) mass is 190 g/mol. The lowest BCUT2D eigenvalue weighted by Crippen LogP contribution is -2.33. The van der Waals surface area contributed by atoms with E-state index in [0.29, 0.717) is 5.92 Å². The molecule has 0 aliphatic heterocycles. The van der Waals surface area contributed by atoms with Gasteiger partial charge in [0.15, 0.2) is 0 Å². The van der Waals surface area contributed by atoms with Gasteiger partial charge in [0.2, 0.25) is 0 Å². The Kier molecular flexibility index (Phi) is 2.80. The second-order valence-corrected chi connectivity index (χ2v) is 5.23. The van der Waals surface area contributed by atoms with Gasteiger partial charge in [0, 0.05) is 0 Å². The zero-order valence-electron chi connectivity index (χ0n) is 9.50. The van der Waals surface area contributed by atoms with Crippen LogP contribution in [-0.2, 0) is 0 Å². The Morgan fingerprint density at radius 1 is 1.21 bits per heavy atom. The molecule has 0 heterocycles. The van der Waals surface area contributed by atoms with Crippen LogP contribution in [0.1, 0.15) is 39.5 Å². The van der Waals surface area contributed by atoms with E-state index in [2.05, 4.69) is 32.6 Å². The van der Waals surface area contributed by atoms with E-state index in [1.54, 1.807) is 0 Å². The van der Waals surface area contributed by atoms with Crippen molar-refractivity contribution in [2.45, 2.75) is 39.5 Å². The van der Waals surface area contributed by atoms with Crippen molar-refractivity contribution in [2.75, 3.05) is 0 Å². The molecule has 0 nitrogen and oxygen atoms in total. The van der Waals surface area contributed by atoms with Gasteiger partial charge in [-0.3, -0.25) is 0 Å². The number of allylic oxidation sites excluding steroid dienone is 3. The Morgan fingerprint density at radius 3 is 2.64 bits per heavy atom. The average Bonchev–Trinajstić information content (AvgIpc) is 2.17. The fraction of sp³-hybridized carbons (Fsp3) is 0.714. The Bertz CT molecular complexity index is 249. The molecule has 0 spiro atoms. The Labute approximate surface area is 88.1 Å². The second-order valence-electron chi connectivity index (χ2n) is 5.23. The molecule has 0 unspecified atom stereocenters. The van der Waals surface area contributed by atoms with Crippen LogP contribution in [0.15, 0.2) is 24.3 Å². The summed E-state index contributed by atoms with van der Waals surface area (Å²) in [4.78, 5) is 0. The summed E-state index contributed by atoms with van der Waals surface area (Å²) in [6.07, 6.45) is 10.6. The van der Waals surface area contributed by atoms with Crippen LogP contribution in [0.4, 0.5) is 0 Å². The minimum Gasteiger partial charge on any atom is -0.0998 e. The highest BCUT2D eigenvalue weighted by molar-refractivity contribution is 5.13. The molecular formula is C14H22. The summed E-state index contributed by atoms with van der Waals surface area (Å²) in [5.74, 6) is 3.24. The van der Waals surface area contributed by atoms with Crippen molar-refractivity contribution in [1.29, 1.82) is 0 Å². The SMILES string of the molecule is C=C(C)[C@H]1[C@H]2CCCC[C@H]2C=C[C@H]1C. The van der Waals surface area contributed by atoms with Crippen LogP contribution in [0, 0.1) is 23.7 Å². The molecule has 0 N–H and O–H groups in total. The summed E-state index contributed by atoms with van der Waals surface area (Å²) in [7, 11) is 0. The summed E-state index contributed by atoms with van der Waals surface area (Å²) < 4.78 is 0. The minimum absolute atomic E-state index is 0.715. The maximum atomic E-state index is 4.19. The van der Waals surface area contributed by atoms with E-state index in [9.17, 15) is 0 Å². The summed E-state index contributed by atoms with van der Waals surface area (Å²) in [6, 6.07) is 0. The second kappa shape index (κ2) is 3.92. The van der Waals surface area contributed by atoms with E-state index in [4.69, 9.17) is 0 Å². The standard InChI is InChI=1S/C14H22/c1-10(2)14-11(3)8-9-12-6-4-5-7-13(12)14/h8-9,11-14H,1,4-7H2,2-3H3/t11-,12+,13+,14-/m1/s1. The lowest BCUT2D eigenvalue weighted by Gasteiger charge is -2.41. The molecule has 1 saturated carbocycles. The van der Waals surface area contributed by atoms with E-state index in [-0.39, 0.29) is 0 Å². The lowest BCUT2D eigenvalue weighted by molar-refractivity contribution is 0.175. The van der Waals surface area contributed by atoms with E-state index in [1.807, 2.05) is 0 Å². The highest BCUT2D eigenvalue weighted by atomic mass is 14.4. The van der Waals surface area contributed by atoms with Gasteiger partial charge in [0.25, 0.3) is 0 Å². The first-order valence-corrected chi connectivity index (χ1v) is 6.04. The predicted octanol–water partition coefficient (Wildman–Crippen LogP) is 4.19. The summed E-state index contributed by atoms with van der Waals surface area (Å²) in [5, 5.41) is 0. The number of fused-ring (bicyclic) bond motifs is 1. The summed E-state index contributed by atoms with van der Waals surface area (Å²) in [6.45, 7) is 8.75. The van der Waals surface area contributed by atoms with E-state index < -0.39 is 0 Å². The van der Waals surface area contributed by atoms with E-state index in [0.717, 1.165) is 17.8 Å². The van der Waals surface area contributed by atoms with Crippen LogP contribution >= 0.6 is 0 Å². The van der Waals surface area contributed by atoms with Crippen molar-refractivity contribution in [3.05, 3.63) is 24.3 Å². The first-order chi connectivity index (χ1) is 6.70. The van der Waals surface area contributed by atoms with Crippen LogP contribution in [0.5, 0.6) is 0 Å². The molecule has 0 radical (unpaired) electrons. The fourth-order valence-corrected chi connectivity index (χ4v) is 3.51. The van der Waals surface area contributed by atoms with Gasteiger partial charge in [-0.05, 0) is 43.4 Å². The van der Waals surface area contributed by atoms with Crippen LogP contribution in [0.3, 0.4) is 0 Å². The van der Waals surface area contributed by atoms with Gasteiger partial charge in [0.1, 0.15) is 0 Å². The van der Waals surface area contributed by atoms with Crippen molar-refractivity contribution in [3.8, 4) is 0 Å². The number of hydrogen-bond donors (Lipinski definition) is 0. The fourth-order valence-electron chi connectivity index (χ4n) is 3.51. The minimum atomic E-state index is 0.715. The molecule has 0 aromatic rings. The van der Waals surface area contributed by atoms with Gasteiger partial charge in [-0.25, -0.2) is 0 Å². The maximum Gasteiger partial charge on any atom is -0.0114 e. The van der Waals surface area contributed by atoms with E-state index >= 15 is 0 Å². The Balaban J connectivity index is 2.21. The first kappa shape index (κ1) is 10.0. The third-order valence-electron chi connectivity index (χ3n) is 4.13. The van der Waals surface area contributed by atoms with Crippen LogP contribution in [0.2, 0.25) is 0 Å². The molecule has 0 aromatic carbocycles. The van der Waals surface area contributed by atoms with Gasteiger partial charge >= 0.3 is 0 Å². The molecule has 2 aliphatic rings. The molecule has 2 rings (SSSR count). The zero-order valence-corrected chi connectivity index (χ0v) is 9.50. The molecule has 2 aliphatic carbocycles. The molecule has 0 heteroatoms. The molecule has 0 aromatic heterocycles. The zero-order chi connectivity index (χ0) is 10.1. The first-order valence-electron chi connectivity index (χ1n) is 6.04. The Morgan fingerprint density at radius 2 is 1.93 bits per heavy atom. The van der Waals surface area contributed by atoms with Crippen molar-refractivity contribution in [3.63, 3.8) is 0 Å². The van der Waals surface area contributed by atoms with Gasteiger partial charge in [-0.15, -0.1) is 0 Å². The van der Waals surface area contributed by atoms with Crippen molar-refractivity contribution >= 4 is 0 Å². The highest BCUT2D eigenvalue weighted by Crippen LogP contribution is 2.45. The molecule has 0 saturated heterocycles. The van der Waals surface area contributed by atoms with Gasteiger partial charge < -0.3 is 0 Å². The van der Waals surface area contributed by atoms with E-state index in [1.165, 1.54) is 31.3 Å². The largest absolute Gasteiger partial charge is 0.0998 e. The molecule has 1 fully saturated rings. The van der Waals surface area contributed by atoms with Gasteiger partial charge in [0.05, 0.1) is 0 Å².